The zero-order chi connectivity index (χ0) is 19.6. The average molecular weight is 375 g/mol. The fourth-order valence-corrected chi connectivity index (χ4v) is 2.41. The van der Waals surface area contributed by atoms with Crippen LogP contribution in [0.4, 0.5) is 19.1 Å². The van der Waals surface area contributed by atoms with Gasteiger partial charge < -0.3 is 16.5 Å². The number of pyridine rings is 1. The number of alkyl halides is 3. The SMILES string of the molecule is Cc1cnc2[nH]cc(Cc3cnc(N=C(N)C=C(N)C(F)(F)F)nc3)c2c1. The first-order valence-electron chi connectivity index (χ1n) is 7.84. The van der Waals surface area contributed by atoms with Crippen molar-refractivity contribution in [2.24, 2.45) is 16.5 Å². The van der Waals surface area contributed by atoms with E-state index in [2.05, 4.69) is 24.9 Å². The predicted molar refractivity (Wildman–Crippen MR) is 95.3 cm³/mol. The van der Waals surface area contributed by atoms with E-state index in [9.17, 15) is 13.2 Å². The van der Waals surface area contributed by atoms with Crippen LogP contribution >= 0.6 is 0 Å². The Kier molecular flexibility index (Phi) is 4.80. The Morgan fingerprint density at radius 2 is 1.89 bits per heavy atom. The maximum absolute atomic E-state index is 12.4. The van der Waals surface area contributed by atoms with Crippen LogP contribution < -0.4 is 11.5 Å². The lowest BCUT2D eigenvalue weighted by atomic mass is 10.1. The molecule has 0 radical (unpaired) electrons. The number of H-pyrrole nitrogens is 1. The molecule has 0 bridgehead atoms. The Labute approximate surface area is 152 Å². The molecule has 3 aromatic heterocycles. The molecule has 0 saturated carbocycles. The maximum atomic E-state index is 12.4. The molecule has 0 atom stereocenters. The Morgan fingerprint density at radius 3 is 2.56 bits per heavy atom. The van der Waals surface area contributed by atoms with Crippen LogP contribution in [-0.2, 0) is 6.42 Å². The summed E-state index contributed by atoms with van der Waals surface area (Å²) in [6, 6.07) is 2.03. The minimum atomic E-state index is -4.67. The number of amidine groups is 1. The number of rotatable bonds is 4. The van der Waals surface area contributed by atoms with Crippen LogP contribution in [0.5, 0.6) is 0 Å². The average Bonchev–Trinajstić information content (AvgIpc) is 2.98. The van der Waals surface area contributed by atoms with Crippen molar-refractivity contribution in [1.29, 1.82) is 0 Å². The highest BCUT2D eigenvalue weighted by molar-refractivity contribution is 5.93. The highest BCUT2D eigenvalue weighted by atomic mass is 19.4. The Balaban J connectivity index is 1.77. The molecule has 0 aliphatic heterocycles. The lowest BCUT2D eigenvalue weighted by Crippen LogP contribution is -2.22. The summed E-state index contributed by atoms with van der Waals surface area (Å²) in [7, 11) is 0. The molecular weight excluding hydrogens is 359 g/mol. The predicted octanol–water partition coefficient (Wildman–Crippen LogP) is 2.65. The van der Waals surface area contributed by atoms with Crippen molar-refractivity contribution in [2.45, 2.75) is 19.5 Å². The third-order valence-corrected chi connectivity index (χ3v) is 3.70. The molecule has 5 N–H and O–H groups in total. The summed E-state index contributed by atoms with van der Waals surface area (Å²) in [5.74, 6) is -0.491. The lowest BCUT2D eigenvalue weighted by Gasteiger charge is -2.05. The number of aromatic amines is 1. The molecule has 3 rings (SSSR count). The van der Waals surface area contributed by atoms with Gasteiger partial charge in [-0.05, 0) is 29.7 Å². The zero-order valence-electron chi connectivity index (χ0n) is 14.2. The van der Waals surface area contributed by atoms with Crippen LogP contribution in [0.2, 0.25) is 0 Å². The number of fused-ring (bicyclic) bond motifs is 1. The van der Waals surface area contributed by atoms with Gasteiger partial charge in [0, 0.05) is 42.7 Å². The first-order chi connectivity index (χ1) is 12.7. The van der Waals surface area contributed by atoms with E-state index in [1.54, 1.807) is 6.20 Å². The van der Waals surface area contributed by atoms with Crippen LogP contribution in [0, 0.1) is 6.92 Å². The van der Waals surface area contributed by atoms with Gasteiger partial charge in [-0.25, -0.2) is 15.0 Å². The zero-order valence-corrected chi connectivity index (χ0v) is 14.2. The number of aliphatic imine (C=N–C) groups is 1. The second-order valence-corrected chi connectivity index (χ2v) is 5.92. The molecule has 0 aliphatic rings. The number of nitrogens with two attached hydrogens (primary N) is 2. The highest BCUT2D eigenvalue weighted by Gasteiger charge is 2.31. The van der Waals surface area contributed by atoms with E-state index in [1.165, 1.54) is 12.4 Å². The van der Waals surface area contributed by atoms with E-state index in [4.69, 9.17) is 11.5 Å². The van der Waals surface area contributed by atoms with Gasteiger partial charge in [0.15, 0.2) is 0 Å². The fourth-order valence-electron chi connectivity index (χ4n) is 2.41. The summed E-state index contributed by atoms with van der Waals surface area (Å²) in [5, 5.41) is 1.01. The third-order valence-electron chi connectivity index (χ3n) is 3.70. The smallest absolute Gasteiger partial charge is 0.395 e. The van der Waals surface area contributed by atoms with Crippen LogP contribution in [0.3, 0.4) is 0 Å². The van der Waals surface area contributed by atoms with E-state index in [0.29, 0.717) is 12.5 Å². The topological polar surface area (TPSA) is 119 Å². The standard InChI is InChI=1S/C17H16F3N7/c1-9-2-12-11(8-24-15(12)23-5-9)3-10-6-25-16(26-7-10)27-14(22)4-13(21)17(18,19)20/h2,4-8H,3,21H2,1H3,(H,23,24)(H2,22,25,26,27). The Morgan fingerprint density at radius 1 is 1.19 bits per heavy atom. The van der Waals surface area contributed by atoms with Gasteiger partial charge in [-0.3, -0.25) is 0 Å². The van der Waals surface area contributed by atoms with Gasteiger partial charge in [-0.1, -0.05) is 0 Å². The Hall–Kier alpha value is -3.43. The summed E-state index contributed by atoms with van der Waals surface area (Å²) in [6.45, 7) is 1.96. The molecule has 0 unspecified atom stereocenters. The fraction of sp³-hybridized carbons (Fsp3) is 0.176. The van der Waals surface area contributed by atoms with Gasteiger partial charge in [0.2, 0.25) is 0 Å². The molecule has 27 heavy (non-hydrogen) atoms. The van der Waals surface area contributed by atoms with Gasteiger partial charge in [0.05, 0.1) is 0 Å². The molecule has 140 valence electrons. The first-order valence-corrected chi connectivity index (χ1v) is 7.84. The van der Waals surface area contributed by atoms with Crippen LogP contribution in [-0.4, -0.2) is 31.9 Å². The highest BCUT2D eigenvalue weighted by Crippen LogP contribution is 2.22. The van der Waals surface area contributed by atoms with Crippen molar-refractivity contribution >= 4 is 22.8 Å². The summed E-state index contributed by atoms with van der Waals surface area (Å²) in [5.41, 5.74) is 12.6. The van der Waals surface area contributed by atoms with Gasteiger partial charge in [0.25, 0.3) is 5.95 Å². The summed E-state index contributed by atoms with van der Waals surface area (Å²) in [6.07, 6.45) is 3.15. The molecule has 0 amide bonds. The van der Waals surface area contributed by atoms with E-state index >= 15 is 0 Å². The molecule has 0 aliphatic carbocycles. The molecule has 0 spiro atoms. The number of aryl methyl sites for hydroxylation is 1. The number of hydrogen-bond donors (Lipinski definition) is 3. The molecule has 0 aromatic carbocycles. The number of halogens is 3. The van der Waals surface area contributed by atoms with Crippen molar-refractivity contribution in [1.82, 2.24) is 19.9 Å². The van der Waals surface area contributed by atoms with Crippen molar-refractivity contribution in [2.75, 3.05) is 0 Å². The van der Waals surface area contributed by atoms with Gasteiger partial charge >= 0.3 is 6.18 Å². The normalized spacial score (nSPS) is 13.3. The monoisotopic (exact) mass is 375 g/mol. The van der Waals surface area contributed by atoms with Gasteiger partial charge in [-0.15, -0.1) is 0 Å². The Bertz CT molecular complexity index is 1020. The second-order valence-electron chi connectivity index (χ2n) is 5.92. The quantitative estimate of drug-likeness (QED) is 0.478. The number of allylic oxidation sites excluding steroid dienone is 1. The van der Waals surface area contributed by atoms with Crippen molar-refractivity contribution in [3.8, 4) is 0 Å². The summed E-state index contributed by atoms with van der Waals surface area (Å²) < 4.78 is 37.1. The number of nitrogens with zero attached hydrogens (tertiary/aromatic N) is 4. The summed E-state index contributed by atoms with van der Waals surface area (Å²) >= 11 is 0. The number of aromatic nitrogens is 4. The molecule has 10 heteroatoms. The van der Waals surface area contributed by atoms with Crippen molar-refractivity contribution < 1.29 is 13.2 Å². The van der Waals surface area contributed by atoms with E-state index in [1.807, 2.05) is 19.2 Å². The van der Waals surface area contributed by atoms with Crippen LogP contribution in [0.15, 0.2) is 47.6 Å². The lowest BCUT2D eigenvalue weighted by molar-refractivity contribution is -0.0925. The van der Waals surface area contributed by atoms with Crippen LogP contribution in [0.1, 0.15) is 16.7 Å². The molecule has 3 aromatic rings. The largest absolute Gasteiger partial charge is 0.430 e. The molecule has 0 saturated heterocycles. The van der Waals surface area contributed by atoms with Crippen LogP contribution in [0.25, 0.3) is 11.0 Å². The molecular formula is C17H16F3N7. The van der Waals surface area contributed by atoms with E-state index in [0.717, 1.165) is 27.7 Å². The van der Waals surface area contributed by atoms with E-state index < -0.39 is 17.7 Å². The minimum absolute atomic E-state index is 0.0566. The molecule has 7 nitrogen and oxygen atoms in total. The molecule has 0 fully saturated rings. The number of hydrogen-bond acceptors (Lipinski definition) is 5. The van der Waals surface area contributed by atoms with E-state index in [-0.39, 0.29) is 5.95 Å². The van der Waals surface area contributed by atoms with Crippen molar-refractivity contribution in [3.63, 3.8) is 0 Å². The minimum Gasteiger partial charge on any atom is -0.395 e. The van der Waals surface area contributed by atoms with Gasteiger partial charge in [-0.2, -0.15) is 18.2 Å². The second kappa shape index (κ2) is 7.06. The first kappa shape index (κ1) is 18.4. The number of nitrogens with one attached hydrogen (secondary N) is 1. The maximum Gasteiger partial charge on any atom is 0.430 e. The van der Waals surface area contributed by atoms with Gasteiger partial charge in [0.1, 0.15) is 17.2 Å². The molecule has 3 heterocycles. The van der Waals surface area contributed by atoms with Crippen molar-refractivity contribution in [3.05, 3.63) is 59.3 Å². The third kappa shape index (κ3) is 4.40. The summed E-state index contributed by atoms with van der Waals surface area (Å²) in [4.78, 5) is 19.2.